The van der Waals surface area contributed by atoms with E-state index in [1.54, 1.807) is 18.5 Å². The highest BCUT2D eigenvalue weighted by Crippen LogP contribution is 2.17. The molecule has 0 aliphatic heterocycles. The van der Waals surface area contributed by atoms with Gasteiger partial charge in [-0.25, -0.2) is 14.8 Å². The molecule has 100 valence electrons. The Balaban J connectivity index is 2.29. The zero-order valence-electron chi connectivity index (χ0n) is 11.1. The average Bonchev–Trinajstić information content (AvgIpc) is 2.25. The van der Waals surface area contributed by atoms with E-state index in [2.05, 4.69) is 15.3 Å². The van der Waals surface area contributed by atoms with Crippen LogP contribution in [-0.4, -0.2) is 33.5 Å². The van der Waals surface area contributed by atoms with E-state index in [0.29, 0.717) is 11.7 Å². The van der Waals surface area contributed by atoms with Crippen molar-refractivity contribution in [2.45, 2.75) is 43.7 Å². The van der Waals surface area contributed by atoms with Gasteiger partial charge in [0, 0.05) is 24.2 Å². The molecule has 18 heavy (non-hydrogen) atoms. The predicted molar refractivity (Wildman–Crippen MR) is 71.6 cm³/mol. The topological polar surface area (TPSA) is 64.1 Å². The Morgan fingerprint density at radius 2 is 2.06 bits per heavy atom. The van der Waals surface area contributed by atoms with Crippen LogP contribution in [0.25, 0.3) is 0 Å². The number of nitrogens with one attached hydrogen (secondary N) is 1. The zero-order chi connectivity index (χ0) is 13.6. The van der Waals surface area contributed by atoms with E-state index in [1.807, 2.05) is 27.7 Å². The Morgan fingerprint density at radius 3 is 2.61 bits per heavy atom. The molecule has 0 spiro atoms. The third-order valence-electron chi connectivity index (χ3n) is 1.78. The molecular formula is C12H19N3O2S. The highest BCUT2D eigenvalue weighted by molar-refractivity contribution is 7.99. The highest BCUT2D eigenvalue weighted by atomic mass is 32.2. The molecule has 1 heterocycles. The molecule has 0 aliphatic rings. The number of thioether (sulfide) groups is 1. The number of carbonyl (C=O) groups excluding carboxylic acids is 1. The summed E-state index contributed by atoms with van der Waals surface area (Å²) in [5, 5.41) is 3.61. The molecule has 0 saturated carbocycles. The summed E-state index contributed by atoms with van der Waals surface area (Å²) < 4.78 is 5.15. The third-order valence-corrected chi connectivity index (χ3v) is 2.77. The van der Waals surface area contributed by atoms with Gasteiger partial charge in [0.2, 0.25) is 0 Å². The van der Waals surface area contributed by atoms with Crippen LogP contribution < -0.4 is 5.32 Å². The van der Waals surface area contributed by atoms with Crippen LogP contribution in [0.2, 0.25) is 0 Å². The second kappa shape index (κ2) is 6.58. The Kier molecular flexibility index (Phi) is 5.40. The van der Waals surface area contributed by atoms with E-state index in [1.165, 1.54) is 11.8 Å². The summed E-state index contributed by atoms with van der Waals surface area (Å²) >= 11 is 1.51. The summed E-state index contributed by atoms with van der Waals surface area (Å²) in [5.41, 5.74) is -0.469. The van der Waals surface area contributed by atoms with Crippen molar-refractivity contribution < 1.29 is 9.53 Å². The van der Waals surface area contributed by atoms with Gasteiger partial charge in [0.05, 0.1) is 0 Å². The number of hydrogen-bond donors (Lipinski definition) is 1. The fourth-order valence-electron chi connectivity index (χ4n) is 1.11. The van der Waals surface area contributed by atoms with Crippen LogP contribution in [0.5, 0.6) is 0 Å². The van der Waals surface area contributed by atoms with Gasteiger partial charge in [-0.15, -0.1) is 0 Å². The van der Waals surface area contributed by atoms with Crippen molar-refractivity contribution in [2.75, 3.05) is 6.54 Å². The Labute approximate surface area is 112 Å². The highest BCUT2D eigenvalue weighted by Gasteiger charge is 2.16. The molecule has 0 aliphatic carbocycles. The van der Waals surface area contributed by atoms with Gasteiger partial charge < -0.3 is 10.1 Å². The lowest BCUT2D eigenvalue weighted by Crippen LogP contribution is -2.35. The van der Waals surface area contributed by atoms with Crippen LogP contribution >= 0.6 is 11.8 Å². The summed E-state index contributed by atoms with van der Waals surface area (Å²) in [6.07, 6.45) is 3.00. The molecule has 1 aromatic heterocycles. The molecular weight excluding hydrogens is 250 g/mol. The van der Waals surface area contributed by atoms with E-state index >= 15 is 0 Å². The van der Waals surface area contributed by atoms with Crippen LogP contribution in [0.1, 0.15) is 27.7 Å². The first kappa shape index (κ1) is 14.8. The molecule has 0 radical (unpaired) electrons. The lowest BCUT2D eigenvalue weighted by Gasteiger charge is -2.20. The van der Waals surface area contributed by atoms with Crippen molar-refractivity contribution in [1.82, 2.24) is 15.3 Å². The summed E-state index contributed by atoms with van der Waals surface area (Å²) in [6.45, 7) is 8.02. The predicted octanol–water partition coefficient (Wildman–Crippen LogP) is 2.48. The van der Waals surface area contributed by atoms with Gasteiger partial charge in [0.1, 0.15) is 5.60 Å². The third kappa shape index (κ3) is 6.44. The van der Waals surface area contributed by atoms with Gasteiger partial charge in [-0.3, -0.25) is 0 Å². The van der Waals surface area contributed by atoms with Crippen LogP contribution in [0.4, 0.5) is 4.79 Å². The number of carbonyl (C=O) groups is 1. The monoisotopic (exact) mass is 269 g/mol. The van der Waals surface area contributed by atoms with Gasteiger partial charge in [0.25, 0.3) is 0 Å². The van der Waals surface area contributed by atoms with Crippen molar-refractivity contribution in [1.29, 1.82) is 0 Å². The maximum Gasteiger partial charge on any atom is 0.407 e. The second-order valence-corrected chi connectivity index (χ2v) is 6.25. The van der Waals surface area contributed by atoms with E-state index in [9.17, 15) is 4.79 Å². The quantitative estimate of drug-likeness (QED) is 0.672. The van der Waals surface area contributed by atoms with Crippen molar-refractivity contribution >= 4 is 17.9 Å². The molecule has 0 fully saturated rings. The zero-order valence-corrected chi connectivity index (χ0v) is 12.0. The lowest BCUT2D eigenvalue weighted by molar-refractivity contribution is 0.0528. The van der Waals surface area contributed by atoms with E-state index in [4.69, 9.17) is 4.74 Å². The molecule has 1 amide bonds. The van der Waals surface area contributed by atoms with Gasteiger partial charge >= 0.3 is 6.09 Å². The van der Waals surface area contributed by atoms with Gasteiger partial charge in [-0.2, -0.15) is 0 Å². The normalized spacial score (nSPS) is 12.9. The van der Waals surface area contributed by atoms with E-state index < -0.39 is 11.7 Å². The first-order chi connectivity index (χ1) is 8.37. The van der Waals surface area contributed by atoms with Gasteiger partial charge in [-0.05, 0) is 26.8 Å². The molecule has 0 bridgehead atoms. The molecule has 1 unspecified atom stereocenters. The van der Waals surface area contributed by atoms with Crippen molar-refractivity contribution in [2.24, 2.45) is 0 Å². The van der Waals surface area contributed by atoms with Crippen LogP contribution in [0.15, 0.2) is 23.6 Å². The molecule has 1 rings (SSSR count). The molecule has 0 saturated heterocycles. The second-order valence-electron chi connectivity index (χ2n) is 4.84. The van der Waals surface area contributed by atoms with Crippen LogP contribution in [-0.2, 0) is 4.74 Å². The summed E-state index contributed by atoms with van der Waals surface area (Å²) in [7, 11) is 0. The lowest BCUT2D eigenvalue weighted by atomic mass is 10.2. The van der Waals surface area contributed by atoms with E-state index in [0.717, 1.165) is 0 Å². The van der Waals surface area contributed by atoms with Crippen LogP contribution in [0, 0.1) is 0 Å². The number of alkyl carbamates (subject to hydrolysis) is 1. The Hall–Kier alpha value is -1.30. The summed E-state index contributed by atoms with van der Waals surface area (Å²) in [6, 6.07) is 1.77. The number of ether oxygens (including phenoxy) is 1. The van der Waals surface area contributed by atoms with Crippen LogP contribution in [0.3, 0.4) is 0 Å². The maximum absolute atomic E-state index is 11.4. The number of rotatable bonds is 4. The van der Waals surface area contributed by atoms with E-state index in [-0.39, 0.29) is 5.25 Å². The van der Waals surface area contributed by atoms with Crippen molar-refractivity contribution in [3.63, 3.8) is 0 Å². The molecule has 1 atom stereocenters. The minimum atomic E-state index is -0.469. The first-order valence-corrected chi connectivity index (χ1v) is 6.65. The van der Waals surface area contributed by atoms with Gasteiger partial charge in [0.15, 0.2) is 5.16 Å². The largest absolute Gasteiger partial charge is 0.444 e. The minimum absolute atomic E-state index is 0.180. The first-order valence-electron chi connectivity index (χ1n) is 5.77. The number of amides is 1. The molecule has 0 aromatic carbocycles. The van der Waals surface area contributed by atoms with Gasteiger partial charge in [-0.1, -0.05) is 18.7 Å². The smallest absolute Gasteiger partial charge is 0.407 e. The SMILES string of the molecule is CC(CNC(=O)OC(C)(C)C)Sc1ncccn1. The Morgan fingerprint density at radius 1 is 1.44 bits per heavy atom. The summed E-state index contributed by atoms with van der Waals surface area (Å²) in [5.74, 6) is 0. The fraction of sp³-hybridized carbons (Fsp3) is 0.583. The van der Waals surface area contributed by atoms with Crippen molar-refractivity contribution in [3.05, 3.63) is 18.5 Å². The summed E-state index contributed by atoms with van der Waals surface area (Å²) in [4.78, 5) is 19.7. The molecule has 1 aromatic rings. The minimum Gasteiger partial charge on any atom is -0.444 e. The number of nitrogens with zero attached hydrogens (tertiary/aromatic N) is 2. The van der Waals surface area contributed by atoms with Crippen molar-refractivity contribution in [3.8, 4) is 0 Å². The fourth-order valence-corrected chi connectivity index (χ4v) is 1.88. The maximum atomic E-state index is 11.4. The molecule has 1 N–H and O–H groups in total. The average molecular weight is 269 g/mol. The Bertz CT molecular complexity index is 379. The molecule has 5 nitrogen and oxygen atoms in total. The standard InChI is InChI=1S/C12H19N3O2S/c1-9(18-10-13-6-5-7-14-10)8-15-11(16)17-12(2,3)4/h5-7,9H,8H2,1-4H3,(H,15,16). The number of hydrogen-bond acceptors (Lipinski definition) is 5. The molecule has 6 heteroatoms. The number of aromatic nitrogens is 2.